The van der Waals surface area contributed by atoms with Crippen molar-refractivity contribution in [2.75, 3.05) is 5.32 Å². The van der Waals surface area contributed by atoms with E-state index in [4.69, 9.17) is 0 Å². The Balaban J connectivity index is 1.30. The summed E-state index contributed by atoms with van der Waals surface area (Å²) in [6.45, 7) is 4.42. The van der Waals surface area contributed by atoms with E-state index in [9.17, 15) is 0 Å². The fraction of sp³-hybridized carbons (Fsp3) is 0.161. The first-order chi connectivity index (χ1) is 16.2. The maximum absolute atomic E-state index is 3.52. The third-order valence-corrected chi connectivity index (χ3v) is 7.89. The lowest BCUT2D eigenvalue weighted by atomic mass is 9.92. The van der Waals surface area contributed by atoms with E-state index in [1.165, 1.54) is 39.1 Å². The van der Waals surface area contributed by atoms with Crippen LogP contribution >= 0.6 is 11.8 Å². The van der Waals surface area contributed by atoms with Gasteiger partial charge in [-0.2, -0.15) is 0 Å². The van der Waals surface area contributed by atoms with Gasteiger partial charge in [-0.25, -0.2) is 0 Å². The fourth-order valence-corrected chi connectivity index (χ4v) is 6.00. The molecule has 2 heteroatoms. The van der Waals surface area contributed by atoms with Crippen LogP contribution < -0.4 is 5.32 Å². The lowest BCUT2D eigenvalue weighted by Gasteiger charge is -2.13. The largest absolute Gasteiger partial charge is 0.356 e. The molecule has 1 N–H and O–H groups in total. The van der Waals surface area contributed by atoms with Gasteiger partial charge in [0.2, 0.25) is 0 Å². The summed E-state index contributed by atoms with van der Waals surface area (Å²) < 4.78 is 0. The molecule has 1 heterocycles. The van der Waals surface area contributed by atoms with Gasteiger partial charge in [0.25, 0.3) is 0 Å². The van der Waals surface area contributed by atoms with Crippen molar-refractivity contribution >= 4 is 23.1 Å². The van der Waals surface area contributed by atoms with Crippen molar-refractivity contribution in [3.8, 4) is 22.3 Å². The van der Waals surface area contributed by atoms with Crippen LogP contribution in [-0.2, 0) is 0 Å². The topological polar surface area (TPSA) is 12.0 Å². The number of fused-ring (bicyclic) bond motifs is 1. The summed E-state index contributed by atoms with van der Waals surface area (Å²) in [6, 6.07) is 34.8. The van der Waals surface area contributed by atoms with Crippen LogP contribution in [0.4, 0.5) is 11.4 Å². The van der Waals surface area contributed by atoms with Gasteiger partial charge in [0.05, 0.1) is 0 Å². The molecule has 33 heavy (non-hydrogen) atoms. The first-order valence-corrected chi connectivity index (χ1v) is 12.6. The van der Waals surface area contributed by atoms with E-state index in [1.54, 1.807) is 0 Å². The van der Waals surface area contributed by atoms with E-state index in [-0.39, 0.29) is 0 Å². The highest BCUT2D eigenvalue weighted by atomic mass is 32.2. The third-order valence-electron chi connectivity index (χ3n) is 6.35. The predicted octanol–water partition coefficient (Wildman–Crippen LogP) is 9.31. The zero-order valence-electron chi connectivity index (χ0n) is 19.2. The van der Waals surface area contributed by atoms with Crippen LogP contribution in [0.3, 0.4) is 0 Å². The molecule has 0 saturated carbocycles. The van der Waals surface area contributed by atoms with Gasteiger partial charge in [-0.15, -0.1) is 11.8 Å². The Morgan fingerprint density at radius 3 is 1.91 bits per heavy atom. The molecule has 0 spiro atoms. The minimum atomic E-state index is 0.536. The Morgan fingerprint density at radius 2 is 1.30 bits per heavy atom. The molecule has 4 aromatic carbocycles. The van der Waals surface area contributed by atoms with Gasteiger partial charge in [-0.05, 0) is 71.5 Å². The van der Waals surface area contributed by atoms with E-state index in [0.717, 1.165) is 11.4 Å². The normalized spacial score (nSPS) is 17.3. The number of allylic oxidation sites excluding steroid dienone is 2. The summed E-state index contributed by atoms with van der Waals surface area (Å²) >= 11 is 2.03. The summed E-state index contributed by atoms with van der Waals surface area (Å²) in [5, 5.41) is 4.17. The smallest absolute Gasteiger partial charge is 0.0384 e. The SMILES string of the molecule is C/C=C\C1c2ccc(-c3ccc(Nc4ccc(-c5ccccc5)cc4)cc3)cc2SC1CC. The summed E-state index contributed by atoms with van der Waals surface area (Å²) in [6.07, 6.45) is 5.74. The number of benzene rings is 4. The Hall–Kier alpha value is -3.23. The van der Waals surface area contributed by atoms with E-state index in [2.05, 4.69) is 122 Å². The molecule has 2 unspecified atom stereocenters. The number of thioether (sulfide) groups is 1. The maximum atomic E-state index is 3.52. The van der Waals surface area contributed by atoms with Crippen molar-refractivity contribution < 1.29 is 0 Å². The van der Waals surface area contributed by atoms with Crippen LogP contribution in [-0.4, -0.2) is 5.25 Å². The summed E-state index contributed by atoms with van der Waals surface area (Å²) in [7, 11) is 0. The monoisotopic (exact) mass is 447 g/mol. The molecule has 0 amide bonds. The number of hydrogen-bond donors (Lipinski definition) is 1. The second kappa shape index (κ2) is 9.72. The van der Waals surface area contributed by atoms with Gasteiger partial charge < -0.3 is 5.32 Å². The van der Waals surface area contributed by atoms with Crippen molar-refractivity contribution in [1.82, 2.24) is 0 Å². The van der Waals surface area contributed by atoms with Gasteiger partial charge in [0.1, 0.15) is 0 Å². The van der Waals surface area contributed by atoms with E-state index >= 15 is 0 Å². The molecular formula is C31H29NS. The first-order valence-electron chi connectivity index (χ1n) is 11.7. The second-order valence-corrected chi connectivity index (χ2v) is 9.80. The number of nitrogens with one attached hydrogen (secondary N) is 1. The summed E-state index contributed by atoms with van der Waals surface area (Å²) in [5.74, 6) is 0.536. The van der Waals surface area contributed by atoms with Gasteiger partial charge >= 0.3 is 0 Å². The van der Waals surface area contributed by atoms with Gasteiger partial charge in [0.15, 0.2) is 0 Å². The standard InChI is InChI=1S/C31H29NS/c1-3-8-28-29-20-15-25(21-31(29)33-30(28)4-2)24-13-18-27(19-14-24)32-26-16-11-23(12-17-26)22-9-6-5-7-10-22/h3,5-21,28,30,32H,4H2,1-2H3/b8-3-. The highest BCUT2D eigenvalue weighted by molar-refractivity contribution is 8.00. The Kier molecular flexibility index (Phi) is 6.37. The van der Waals surface area contributed by atoms with E-state index < -0.39 is 0 Å². The quantitative estimate of drug-likeness (QED) is 0.295. The minimum absolute atomic E-state index is 0.536. The van der Waals surface area contributed by atoms with Gasteiger partial charge in [0, 0.05) is 27.4 Å². The second-order valence-electron chi connectivity index (χ2n) is 8.51. The van der Waals surface area contributed by atoms with Crippen molar-refractivity contribution in [3.05, 3.63) is 115 Å². The van der Waals surface area contributed by atoms with Gasteiger partial charge in [-0.3, -0.25) is 0 Å². The van der Waals surface area contributed by atoms with E-state index in [1.807, 2.05) is 17.8 Å². The van der Waals surface area contributed by atoms with Crippen LogP contribution in [0.25, 0.3) is 22.3 Å². The highest BCUT2D eigenvalue weighted by Gasteiger charge is 2.30. The number of hydrogen-bond acceptors (Lipinski definition) is 2. The Labute approximate surface area is 201 Å². The Morgan fingerprint density at radius 1 is 0.727 bits per heavy atom. The fourth-order valence-electron chi connectivity index (χ4n) is 4.59. The molecule has 2 atom stereocenters. The van der Waals surface area contributed by atoms with E-state index in [0.29, 0.717) is 11.2 Å². The number of anilines is 2. The zero-order chi connectivity index (χ0) is 22.6. The molecule has 1 aliphatic heterocycles. The van der Waals surface area contributed by atoms with Crippen LogP contribution in [0.2, 0.25) is 0 Å². The number of rotatable bonds is 6. The van der Waals surface area contributed by atoms with Crippen LogP contribution in [0.1, 0.15) is 31.7 Å². The molecule has 0 saturated heterocycles. The zero-order valence-corrected chi connectivity index (χ0v) is 20.0. The maximum Gasteiger partial charge on any atom is 0.0384 e. The lowest BCUT2D eigenvalue weighted by molar-refractivity contribution is 0.749. The van der Waals surface area contributed by atoms with Crippen molar-refractivity contribution in [3.63, 3.8) is 0 Å². The predicted molar refractivity (Wildman–Crippen MR) is 145 cm³/mol. The third kappa shape index (κ3) is 4.62. The lowest BCUT2D eigenvalue weighted by Crippen LogP contribution is -2.05. The molecule has 0 aromatic heterocycles. The van der Waals surface area contributed by atoms with Crippen molar-refractivity contribution in [2.45, 2.75) is 36.3 Å². The molecule has 4 aromatic rings. The van der Waals surface area contributed by atoms with Crippen LogP contribution in [0.15, 0.2) is 114 Å². The van der Waals surface area contributed by atoms with Crippen LogP contribution in [0.5, 0.6) is 0 Å². The first kappa shape index (κ1) is 21.6. The molecule has 0 radical (unpaired) electrons. The average Bonchev–Trinajstić information content (AvgIpc) is 3.22. The molecule has 0 aliphatic carbocycles. The summed E-state index contributed by atoms with van der Waals surface area (Å²) in [4.78, 5) is 1.43. The molecule has 1 aliphatic rings. The van der Waals surface area contributed by atoms with Crippen molar-refractivity contribution in [2.24, 2.45) is 0 Å². The molecule has 5 rings (SSSR count). The van der Waals surface area contributed by atoms with Crippen molar-refractivity contribution in [1.29, 1.82) is 0 Å². The molecule has 164 valence electrons. The Bertz CT molecular complexity index is 1240. The molecular weight excluding hydrogens is 418 g/mol. The average molecular weight is 448 g/mol. The molecule has 0 fully saturated rings. The highest BCUT2D eigenvalue weighted by Crippen LogP contribution is 2.48. The molecule has 0 bridgehead atoms. The summed E-state index contributed by atoms with van der Waals surface area (Å²) in [5.41, 5.74) is 8.68. The van der Waals surface area contributed by atoms with Gasteiger partial charge in [-0.1, -0.05) is 85.8 Å². The molecule has 1 nitrogen and oxygen atoms in total. The van der Waals surface area contributed by atoms with Crippen LogP contribution in [0, 0.1) is 0 Å². The minimum Gasteiger partial charge on any atom is -0.356 e.